The number of nitrogens with zero attached hydrogens (tertiary/aromatic N) is 4. The zero-order valence-corrected chi connectivity index (χ0v) is 17.9. The summed E-state index contributed by atoms with van der Waals surface area (Å²) in [4.78, 5) is 12.9. The van der Waals surface area contributed by atoms with Gasteiger partial charge in [-0.15, -0.1) is 10.2 Å². The average Bonchev–Trinajstić information content (AvgIpc) is 2.87. The number of nitrogens with one attached hydrogen (secondary N) is 1. The molecule has 0 radical (unpaired) electrons. The van der Waals surface area contributed by atoms with Gasteiger partial charge in [-0.05, 0) is 19.1 Å². The van der Waals surface area contributed by atoms with Crippen molar-refractivity contribution in [2.24, 2.45) is 5.10 Å². The summed E-state index contributed by atoms with van der Waals surface area (Å²) in [7, 11) is 0. The maximum Gasteiger partial charge on any atom is 0.263 e. The second kappa shape index (κ2) is 8.55. The van der Waals surface area contributed by atoms with Gasteiger partial charge in [0.25, 0.3) is 5.56 Å². The van der Waals surface area contributed by atoms with E-state index in [2.05, 4.69) is 20.7 Å². The summed E-state index contributed by atoms with van der Waals surface area (Å²) in [6.45, 7) is 2.37. The Bertz CT molecular complexity index is 1560. The van der Waals surface area contributed by atoms with E-state index in [-0.39, 0.29) is 16.9 Å². The molecule has 0 saturated heterocycles. The van der Waals surface area contributed by atoms with Gasteiger partial charge in [0.1, 0.15) is 17.0 Å². The molecular weight excluding hydrogens is 414 g/mol. The summed E-state index contributed by atoms with van der Waals surface area (Å²) in [5, 5.41) is 26.0. The maximum absolute atomic E-state index is 12.9. The van der Waals surface area contributed by atoms with Crippen molar-refractivity contribution in [1.29, 1.82) is 0 Å². The molecular formula is C26H21N5O2. The van der Waals surface area contributed by atoms with Gasteiger partial charge in [-0.25, -0.2) is 0 Å². The molecule has 0 bridgehead atoms. The molecule has 162 valence electrons. The van der Waals surface area contributed by atoms with Crippen LogP contribution in [0.2, 0.25) is 0 Å². The van der Waals surface area contributed by atoms with Gasteiger partial charge in [0.2, 0.25) is 0 Å². The molecule has 0 aliphatic carbocycles. The third kappa shape index (κ3) is 3.59. The number of hydrogen-bond acceptors (Lipinski definition) is 6. The minimum Gasteiger partial charge on any atom is -0.506 e. The number of pyridine rings is 1. The number of hydrogen-bond donors (Lipinski definition) is 2. The second-order valence-corrected chi connectivity index (χ2v) is 7.51. The smallest absolute Gasteiger partial charge is 0.263 e. The van der Waals surface area contributed by atoms with Crippen LogP contribution < -0.4 is 11.0 Å². The van der Waals surface area contributed by atoms with Gasteiger partial charge < -0.3 is 9.67 Å². The van der Waals surface area contributed by atoms with Gasteiger partial charge in [0.05, 0.1) is 11.7 Å². The van der Waals surface area contributed by atoms with Crippen LogP contribution in [0.4, 0.5) is 5.82 Å². The van der Waals surface area contributed by atoms with Crippen LogP contribution in [-0.2, 0) is 6.54 Å². The highest BCUT2D eigenvalue weighted by molar-refractivity contribution is 6.00. The van der Waals surface area contributed by atoms with Crippen molar-refractivity contribution < 1.29 is 5.11 Å². The van der Waals surface area contributed by atoms with E-state index in [4.69, 9.17) is 0 Å². The van der Waals surface area contributed by atoms with Crippen molar-refractivity contribution in [3.05, 3.63) is 94.8 Å². The molecule has 2 N–H and O–H groups in total. The Morgan fingerprint density at radius 3 is 2.33 bits per heavy atom. The molecule has 0 saturated carbocycles. The number of fused-ring (bicyclic) bond motifs is 2. The normalized spacial score (nSPS) is 11.4. The maximum atomic E-state index is 12.9. The lowest BCUT2D eigenvalue weighted by Gasteiger charge is -2.11. The number of aryl methyl sites for hydroxylation is 1. The average molecular weight is 435 g/mol. The summed E-state index contributed by atoms with van der Waals surface area (Å²) >= 11 is 0. The molecule has 0 spiro atoms. The van der Waals surface area contributed by atoms with Crippen LogP contribution in [0.1, 0.15) is 12.5 Å². The number of benzene rings is 3. The van der Waals surface area contributed by atoms with E-state index in [0.717, 1.165) is 22.0 Å². The Hall–Kier alpha value is -4.52. The molecule has 2 heterocycles. The van der Waals surface area contributed by atoms with E-state index >= 15 is 0 Å². The molecule has 0 atom stereocenters. The number of anilines is 1. The molecule has 5 rings (SSSR count). The summed E-state index contributed by atoms with van der Waals surface area (Å²) in [5.41, 5.74) is 5.12. The monoisotopic (exact) mass is 435 g/mol. The minimum absolute atomic E-state index is 0.0961. The first kappa shape index (κ1) is 20.4. The number of hydrazone groups is 1. The van der Waals surface area contributed by atoms with Crippen molar-refractivity contribution in [1.82, 2.24) is 14.8 Å². The largest absolute Gasteiger partial charge is 0.506 e. The molecule has 0 aliphatic heterocycles. The Kier molecular flexibility index (Phi) is 5.28. The minimum atomic E-state index is -0.311. The van der Waals surface area contributed by atoms with Gasteiger partial charge >= 0.3 is 0 Å². The van der Waals surface area contributed by atoms with Crippen LogP contribution in [0, 0.1) is 0 Å². The second-order valence-electron chi connectivity index (χ2n) is 7.51. The van der Waals surface area contributed by atoms with Crippen molar-refractivity contribution in [3.8, 4) is 17.0 Å². The quantitative estimate of drug-likeness (QED) is 0.306. The highest BCUT2D eigenvalue weighted by Gasteiger charge is 2.14. The van der Waals surface area contributed by atoms with E-state index in [9.17, 15) is 9.90 Å². The third-order valence-corrected chi connectivity index (χ3v) is 5.60. The van der Waals surface area contributed by atoms with Gasteiger partial charge in [0, 0.05) is 28.3 Å². The van der Waals surface area contributed by atoms with Gasteiger partial charge in [-0.2, -0.15) is 5.10 Å². The van der Waals surface area contributed by atoms with Gasteiger partial charge in [0.15, 0.2) is 5.82 Å². The number of aromatic nitrogens is 3. The topological polar surface area (TPSA) is 92.4 Å². The predicted molar refractivity (Wildman–Crippen MR) is 132 cm³/mol. The Morgan fingerprint density at radius 2 is 1.58 bits per heavy atom. The first-order valence-electron chi connectivity index (χ1n) is 10.6. The molecule has 5 aromatic rings. The van der Waals surface area contributed by atoms with Gasteiger partial charge in [-0.3, -0.25) is 10.2 Å². The predicted octanol–water partition coefficient (Wildman–Crippen LogP) is 4.78. The van der Waals surface area contributed by atoms with Gasteiger partial charge in [-0.1, -0.05) is 66.7 Å². The first-order chi connectivity index (χ1) is 16.2. The lowest BCUT2D eigenvalue weighted by atomic mass is 10.0. The third-order valence-electron chi connectivity index (χ3n) is 5.60. The SMILES string of the molecule is CCn1c(=O)c(/C=N/Nc2nnc(-c3ccccc3)c3ccccc23)c(O)c2ccccc21. The Balaban J connectivity index is 1.55. The van der Waals surface area contributed by atoms with Crippen molar-refractivity contribution in [2.75, 3.05) is 5.43 Å². The Labute approximate surface area is 189 Å². The van der Waals surface area contributed by atoms with E-state index in [1.165, 1.54) is 6.21 Å². The summed E-state index contributed by atoms with van der Waals surface area (Å²) in [6.07, 6.45) is 1.33. The van der Waals surface area contributed by atoms with Crippen molar-refractivity contribution in [2.45, 2.75) is 13.5 Å². The van der Waals surface area contributed by atoms with Crippen molar-refractivity contribution >= 4 is 33.7 Å². The molecule has 7 heteroatoms. The fourth-order valence-corrected chi connectivity index (χ4v) is 3.99. The molecule has 0 fully saturated rings. The van der Waals surface area contributed by atoms with E-state index in [0.29, 0.717) is 23.3 Å². The highest BCUT2D eigenvalue weighted by Crippen LogP contribution is 2.29. The summed E-state index contributed by atoms with van der Waals surface area (Å²) in [6, 6.07) is 24.9. The fraction of sp³-hybridized carbons (Fsp3) is 0.0769. The molecule has 0 aliphatic rings. The van der Waals surface area contributed by atoms with Crippen LogP contribution in [-0.4, -0.2) is 26.1 Å². The van der Waals surface area contributed by atoms with Crippen LogP contribution in [0.5, 0.6) is 5.75 Å². The zero-order chi connectivity index (χ0) is 22.8. The summed E-state index contributed by atoms with van der Waals surface area (Å²) in [5.74, 6) is 0.360. The number of aromatic hydroxyl groups is 1. The van der Waals surface area contributed by atoms with E-state index < -0.39 is 0 Å². The standard InChI is InChI=1S/C26H21N5O2/c1-2-31-22-15-9-8-14-20(22)24(32)21(26(31)33)16-27-29-25-19-13-7-6-12-18(19)23(28-30-25)17-10-4-3-5-11-17/h3-16,32H,2H2,1H3,(H,29,30)/b27-16+. The first-order valence-corrected chi connectivity index (χ1v) is 10.6. The van der Waals surface area contributed by atoms with Crippen LogP contribution in [0.3, 0.4) is 0 Å². The number of rotatable bonds is 5. The summed E-state index contributed by atoms with van der Waals surface area (Å²) < 4.78 is 1.61. The molecule has 7 nitrogen and oxygen atoms in total. The molecule has 0 unspecified atom stereocenters. The molecule has 3 aromatic carbocycles. The van der Waals surface area contributed by atoms with E-state index in [1.807, 2.05) is 79.7 Å². The van der Waals surface area contributed by atoms with Crippen LogP contribution in [0.25, 0.3) is 32.9 Å². The molecule has 2 aromatic heterocycles. The number of para-hydroxylation sites is 1. The molecule has 0 amide bonds. The highest BCUT2D eigenvalue weighted by atomic mass is 16.3. The zero-order valence-electron chi connectivity index (χ0n) is 17.9. The fourth-order valence-electron chi connectivity index (χ4n) is 3.99. The van der Waals surface area contributed by atoms with Crippen LogP contribution >= 0.6 is 0 Å². The Morgan fingerprint density at radius 1 is 0.909 bits per heavy atom. The lowest BCUT2D eigenvalue weighted by Crippen LogP contribution is -2.23. The lowest BCUT2D eigenvalue weighted by molar-refractivity contribution is 0.478. The molecule has 33 heavy (non-hydrogen) atoms. The van der Waals surface area contributed by atoms with Crippen molar-refractivity contribution in [3.63, 3.8) is 0 Å². The van der Waals surface area contributed by atoms with E-state index in [1.54, 1.807) is 10.6 Å². The van der Waals surface area contributed by atoms with Crippen LogP contribution in [0.15, 0.2) is 88.8 Å².